The summed E-state index contributed by atoms with van der Waals surface area (Å²) in [5.74, 6) is 3.44. The molecule has 0 aromatic carbocycles. The molecule has 1 aliphatic heterocycles. The van der Waals surface area contributed by atoms with E-state index >= 15 is 0 Å². The van der Waals surface area contributed by atoms with Gasteiger partial charge >= 0.3 is 5.97 Å². The first-order chi connectivity index (χ1) is 8.06. The summed E-state index contributed by atoms with van der Waals surface area (Å²) < 4.78 is 5.25. The van der Waals surface area contributed by atoms with Crippen molar-refractivity contribution in [2.24, 2.45) is 35.5 Å². The summed E-state index contributed by atoms with van der Waals surface area (Å²) in [5, 5.41) is 0. The highest BCUT2D eigenvalue weighted by molar-refractivity contribution is 5.75. The van der Waals surface area contributed by atoms with Gasteiger partial charge in [-0.3, -0.25) is 4.79 Å². The second-order valence-electron chi connectivity index (χ2n) is 6.40. The number of fused-ring (bicyclic) bond motifs is 1. The number of carbonyl (C=O) groups is 1. The summed E-state index contributed by atoms with van der Waals surface area (Å²) in [4.78, 5) is 11.9. The minimum Gasteiger partial charge on any atom is -0.465 e. The summed E-state index contributed by atoms with van der Waals surface area (Å²) in [6.07, 6.45) is 3.76. The van der Waals surface area contributed by atoms with E-state index in [0.29, 0.717) is 24.4 Å². The van der Waals surface area contributed by atoms with Crippen LogP contribution in [0.2, 0.25) is 0 Å². The highest BCUT2D eigenvalue weighted by Crippen LogP contribution is 2.52. The third-order valence-corrected chi connectivity index (χ3v) is 4.95. The Balaban J connectivity index is 2.15. The molecule has 1 saturated heterocycles. The van der Waals surface area contributed by atoms with Crippen LogP contribution >= 0.6 is 0 Å². The van der Waals surface area contributed by atoms with Crippen molar-refractivity contribution in [1.29, 1.82) is 0 Å². The number of cyclic esters (lactones) is 1. The summed E-state index contributed by atoms with van der Waals surface area (Å²) in [6, 6.07) is 0. The number of esters is 1. The number of rotatable bonds is 4. The summed E-state index contributed by atoms with van der Waals surface area (Å²) >= 11 is 0. The predicted molar refractivity (Wildman–Crippen MR) is 68.4 cm³/mol. The molecule has 2 nitrogen and oxygen atoms in total. The molecule has 1 saturated carbocycles. The highest BCUT2D eigenvalue weighted by Gasteiger charge is 2.53. The maximum atomic E-state index is 11.9. The number of carbonyl (C=O) groups excluding carboxylic acids is 1. The molecule has 0 N–H and O–H groups in total. The lowest BCUT2D eigenvalue weighted by atomic mass is 9.74. The van der Waals surface area contributed by atoms with Crippen molar-refractivity contribution >= 4 is 5.97 Å². The molecule has 1 aliphatic carbocycles. The van der Waals surface area contributed by atoms with E-state index in [2.05, 4.69) is 27.7 Å². The molecular formula is C15H26O2. The van der Waals surface area contributed by atoms with E-state index in [1.54, 1.807) is 0 Å². The van der Waals surface area contributed by atoms with Gasteiger partial charge in [-0.2, -0.15) is 0 Å². The van der Waals surface area contributed by atoms with Gasteiger partial charge in [0.15, 0.2) is 0 Å². The van der Waals surface area contributed by atoms with Crippen LogP contribution in [0.15, 0.2) is 0 Å². The van der Waals surface area contributed by atoms with Gasteiger partial charge in [0.1, 0.15) is 0 Å². The number of hydrogen-bond donors (Lipinski definition) is 0. The van der Waals surface area contributed by atoms with E-state index in [4.69, 9.17) is 4.74 Å². The van der Waals surface area contributed by atoms with Crippen molar-refractivity contribution in [3.63, 3.8) is 0 Å². The summed E-state index contributed by atoms with van der Waals surface area (Å²) in [7, 11) is 0. The lowest BCUT2D eigenvalue weighted by Crippen LogP contribution is -2.29. The van der Waals surface area contributed by atoms with Gasteiger partial charge in [0.25, 0.3) is 0 Å². The van der Waals surface area contributed by atoms with Crippen LogP contribution in [0.5, 0.6) is 0 Å². The molecule has 0 aromatic heterocycles. The van der Waals surface area contributed by atoms with Crippen LogP contribution in [0.4, 0.5) is 0 Å². The van der Waals surface area contributed by atoms with Gasteiger partial charge in [0, 0.05) is 5.92 Å². The second-order valence-corrected chi connectivity index (χ2v) is 6.40. The fourth-order valence-corrected chi connectivity index (χ4v) is 4.23. The smallest absolute Gasteiger partial charge is 0.309 e. The van der Waals surface area contributed by atoms with Crippen LogP contribution in [0.3, 0.4) is 0 Å². The standard InChI is InChI=1S/C15H26O2/c1-5-6-10(4)12-7-11-8-17-15(16)14(11)13(12)9(2)3/h9-14H,5-8H2,1-4H3. The Bertz CT molecular complexity index is 285. The third kappa shape index (κ3) is 2.23. The Labute approximate surface area is 105 Å². The van der Waals surface area contributed by atoms with E-state index in [-0.39, 0.29) is 11.9 Å². The summed E-state index contributed by atoms with van der Waals surface area (Å²) in [6.45, 7) is 9.84. The largest absolute Gasteiger partial charge is 0.465 e. The molecule has 98 valence electrons. The highest BCUT2D eigenvalue weighted by atomic mass is 16.5. The lowest BCUT2D eigenvalue weighted by Gasteiger charge is -2.30. The van der Waals surface area contributed by atoms with Crippen molar-refractivity contribution < 1.29 is 9.53 Å². The zero-order valence-corrected chi connectivity index (χ0v) is 11.6. The Morgan fingerprint density at radius 3 is 2.65 bits per heavy atom. The monoisotopic (exact) mass is 238 g/mol. The minimum absolute atomic E-state index is 0.0832. The fraction of sp³-hybridized carbons (Fsp3) is 0.933. The molecule has 0 aromatic rings. The van der Waals surface area contributed by atoms with Gasteiger partial charge in [-0.15, -0.1) is 0 Å². The summed E-state index contributed by atoms with van der Waals surface area (Å²) in [5.41, 5.74) is 0. The van der Waals surface area contributed by atoms with Gasteiger partial charge in [-0.1, -0.05) is 40.5 Å². The average molecular weight is 238 g/mol. The van der Waals surface area contributed by atoms with Crippen molar-refractivity contribution in [1.82, 2.24) is 0 Å². The van der Waals surface area contributed by atoms with E-state index in [9.17, 15) is 4.79 Å². The zero-order chi connectivity index (χ0) is 12.6. The third-order valence-electron chi connectivity index (χ3n) is 4.95. The fourth-order valence-electron chi connectivity index (χ4n) is 4.23. The Morgan fingerprint density at radius 1 is 1.35 bits per heavy atom. The molecule has 2 rings (SSSR count). The molecular weight excluding hydrogens is 212 g/mol. The Hall–Kier alpha value is -0.530. The molecule has 0 radical (unpaired) electrons. The number of hydrogen-bond acceptors (Lipinski definition) is 2. The van der Waals surface area contributed by atoms with Gasteiger partial charge in [0.2, 0.25) is 0 Å². The van der Waals surface area contributed by atoms with Crippen molar-refractivity contribution in [3.05, 3.63) is 0 Å². The molecule has 1 heterocycles. The average Bonchev–Trinajstić information content (AvgIpc) is 2.79. The van der Waals surface area contributed by atoms with Crippen molar-refractivity contribution in [3.8, 4) is 0 Å². The predicted octanol–water partition coefficient (Wildman–Crippen LogP) is 3.50. The Morgan fingerprint density at radius 2 is 2.06 bits per heavy atom. The topological polar surface area (TPSA) is 26.3 Å². The molecule has 0 spiro atoms. The quantitative estimate of drug-likeness (QED) is 0.701. The van der Waals surface area contributed by atoms with Crippen LogP contribution < -0.4 is 0 Å². The number of ether oxygens (including phenoxy) is 1. The van der Waals surface area contributed by atoms with Crippen LogP contribution in [0.1, 0.15) is 47.0 Å². The molecule has 2 aliphatic rings. The van der Waals surface area contributed by atoms with E-state index in [1.807, 2.05) is 0 Å². The second kappa shape index (κ2) is 4.99. The van der Waals surface area contributed by atoms with Gasteiger partial charge in [0.05, 0.1) is 12.5 Å². The first-order valence-electron chi connectivity index (χ1n) is 7.22. The first kappa shape index (κ1) is 12.9. The van der Waals surface area contributed by atoms with Gasteiger partial charge in [-0.25, -0.2) is 0 Å². The lowest BCUT2D eigenvalue weighted by molar-refractivity contribution is -0.143. The van der Waals surface area contributed by atoms with E-state index < -0.39 is 0 Å². The molecule has 2 fully saturated rings. The SMILES string of the molecule is CCCC(C)C1CC2COC(=O)C2C1C(C)C. The molecule has 5 atom stereocenters. The van der Waals surface area contributed by atoms with Crippen LogP contribution in [-0.2, 0) is 9.53 Å². The first-order valence-corrected chi connectivity index (χ1v) is 7.22. The normalized spacial score (nSPS) is 38.3. The maximum Gasteiger partial charge on any atom is 0.309 e. The Kier molecular flexibility index (Phi) is 3.79. The molecule has 0 amide bonds. The van der Waals surface area contributed by atoms with Crippen molar-refractivity contribution in [2.45, 2.75) is 47.0 Å². The molecule has 0 bridgehead atoms. The maximum absolute atomic E-state index is 11.9. The van der Waals surface area contributed by atoms with Gasteiger partial charge in [-0.05, 0) is 30.1 Å². The van der Waals surface area contributed by atoms with Crippen molar-refractivity contribution in [2.75, 3.05) is 6.61 Å². The molecule has 5 unspecified atom stereocenters. The van der Waals surface area contributed by atoms with E-state index in [0.717, 1.165) is 11.8 Å². The van der Waals surface area contributed by atoms with E-state index in [1.165, 1.54) is 19.3 Å². The molecule has 17 heavy (non-hydrogen) atoms. The minimum atomic E-state index is 0.0832. The van der Waals surface area contributed by atoms with Crippen LogP contribution in [-0.4, -0.2) is 12.6 Å². The zero-order valence-electron chi connectivity index (χ0n) is 11.6. The van der Waals surface area contributed by atoms with Crippen LogP contribution in [0.25, 0.3) is 0 Å². The van der Waals surface area contributed by atoms with Crippen LogP contribution in [0, 0.1) is 35.5 Å². The molecule has 2 heteroatoms. The van der Waals surface area contributed by atoms with Gasteiger partial charge < -0.3 is 4.74 Å².